The molecule has 0 unspecified atom stereocenters. The molecule has 0 aliphatic heterocycles. The maximum atomic E-state index is 2.45. The van der Waals surface area contributed by atoms with E-state index in [9.17, 15) is 0 Å². The molecular formula is C13H22. The van der Waals surface area contributed by atoms with Crippen LogP contribution in [-0.4, -0.2) is 0 Å². The smallest absolute Gasteiger partial charge is 0.00995 e. The van der Waals surface area contributed by atoms with Gasteiger partial charge in [-0.25, -0.2) is 0 Å². The summed E-state index contributed by atoms with van der Waals surface area (Å²) in [6.07, 6.45) is 10.2. The third kappa shape index (κ3) is 2.72. The van der Waals surface area contributed by atoms with E-state index in [1.165, 1.54) is 38.5 Å². The van der Waals surface area contributed by atoms with Crippen molar-refractivity contribution in [3.63, 3.8) is 0 Å². The van der Waals surface area contributed by atoms with Crippen molar-refractivity contribution in [1.29, 1.82) is 0 Å². The Morgan fingerprint density at radius 2 is 1.77 bits per heavy atom. The fraction of sp³-hybridized carbons (Fsp3) is 0.692. The van der Waals surface area contributed by atoms with E-state index < -0.39 is 0 Å². The molecule has 13 heavy (non-hydrogen) atoms. The summed E-state index contributed by atoms with van der Waals surface area (Å²) >= 11 is 0. The van der Waals surface area contributed by atoms with E-state index in [4.69, 9.17) is 0 Å². The molecule has 1 aliphatic carbocycles. The van der Waals surface area contributed by atoms with E-state index in [2.05, 4.69) is 26.8 Å². The summed E-state index contributed by atoms with van der Waals surface area (Å²) < 4.78 is 0. The van der Waals surface area contributed by atoms with Gasteiger partial charge < -0.3 is 0 Å². The van der Waals surface area contributed by atoms with E-state index in [-0.39, 0.29) is 0 Å². The van der Waals surface area contributed by atoms with Gasteiger partial charge in [-0.2, -0.15) is 0 Å². The Bertz CT molecular complexity index is 218. The second-order valence-electron chi connectivity index (χ2n) is 3.96. The van der Waals surface area contributed by atoms with Crippen molar-refractivity contribution in [2.24, 2.45) is 0 Å². The minimum absolute atomic E-state index is 1.24. The molecule has 1 aliphatic rings. The first-order valence-electron chi connectivity index (χ1n) is 5.72. The van der Waals surface area contributed by atoms with Crippen molar-refractivity contribution < 1.29 is 0 Å². The Balaban J connectivity index is 2.63. The van der Waals surface area contributed by atoms with Gasteiger partial charge in [0.25, 0.3) is 0 Å². The second-order valence-corrected chi connectivity index (χ2v) is 3.96. The average molecular weight is 178 g/mol. The summed E-state index contributed by atoms with van der Waals surface area (Å²) in [5.74, 6) is 0. The highest BCUT2D eigenvalue weighted by molar-refractivity contribution is 5.38. The fourth-order valence-electron chi connectivity index (χ4n) is 2.08. The number of rotatable bonds is 5. The van der Waals surface area contributed by atoms with Crippen LogP contribution in [0, 0.1) is 0 Å². The Labute approximate surface area is 82.7 Å². The quantitative estimate of drug-likeness (QED) is 0.576. The van der Waals surface area contributed by atoms with Crippen molar-refractivity contribution in [3.8, 4) is 0 Å². The van der Waals surface area contributed by atoms with Gasteiger partial charge in [-0.1, -0.05) is 50.8 Å². The number of hydrogen-bond acceptors (Lipinski definition) is 0. The van der Waals surface area contributed by atoms with Crippen molar-refractivity contribution in [1.82, 2.24) is 0 Å². The SMILES string of the molecule is CCCC1=C(CCC)CC(CC)=C1. The average Bonchev–Trinajstić information content (AvgIpc) is 2.50. The first-order chi connectivity index (χ1) is 6.31. The van der Waals surface area contributed by atoms with Crippen LogP contribution < -0.4 is 0 Å². The summed E-state index contributed by atoms with van der Waals surface area (Å²) in [6, 6.07) is 0. The fourth-order valence-corrected chi connectivity index (χ4v) is 2.08. The molecule has 0 spiro atoms. The van der Waals surface area contributed by atoms with E-state index in [0.717, 1.165) is 0 Å². The molecule has 1 rings (SSSR count). The van der Waals surface area contributed by atoms with Crippen LogP contribution in [0.2, 0.25) is 0 Å². The molecule has 0 atom stereocenters. The van der Waals surface area contributed by atoms with Gasteiger partial charge in [0.15, 0.2) is 0 Å². The highest BCUT2D eigenvalue weighted by Crippen LogP contribution is 2.32. The van der Waals surface area contributed by atoms with Gasteiger partial charge in [-0.3, -0.25) is 0 Å². The highest BCUT2D eigenvalue weighted by atomic mass is 14.2. The van der Waals surface area contributed by atoms with Crippen LogP contribution >= 0.6 is 0 Å². The van der Waals surface area contributed by atoms with Crippen molar-refractivity contribution >= 4 is 0 Å². The largest absolute Gasteiger partial charge is 0.0661 e. The van der Waals surface area contributed by atoms with Crippen LogP contribution in [0.25, 0.3) is 0 Å². The summed E-state index contributed by atoms with van der Waals surface area (Å²) in [5, 5.41) is 0. The Morgan fingerprint density at radius 1 is 1.08 bits per heavy atom. The predicted molar refractivity (Wildman–Crippen MR) is 59.8 cm³/mol. The minimum atomic E-state index is 1.24. The molecule has 0 nitrogen and oxygen atoms in total. The van der Waals surface area contributed by atoms with Crippen molar-refractivity contribution in [3.05, 3.63) is 22.8 Å². The van der Waals surface area contributed by atoms with Gasteiger partial charge in [0.05, 0.1) is 0 Å². The maximum absolute atomic E-state index is 2.45. The molecule has 0 aromatic rings. The number of hydrogen-bond donors (Lipinski definition) is 0. The van der Waals surface area contributed by atoms with Gasteiger partial charge >= 0.3 is 0 Å². The third-order valence-electron chi connectivity index (χ3n) is 2.80. The Morgan fingerprint density at radius 3 is 2.31 bits per heavy atom. The summed E-state index contributed by atoms with van der Waals surface area (Å²) in [6.45, 7) is 6.82. The molecule has 0 radical (unpaired) electrons. The first kappa shape index (κ1) is 10.6. The first-order valence-corrected chi connectivity index (χ1v) is 5.72. The lowest BCUT2D eigenvalue weighted by Crippen LogP contribution is -1.85. The van der Waals surface area contributed by atoms with Gasteiger partial charge in [0.1, 0.15) is 0 Å². The molecule has 0 bridgehead atoms. The van der Waals surface area contributed by atoms with E-state index in [1.807, 2.05) is 0 Å². The molecule has 0 N–H and O–H groups in total. The molecular weight excluding hydrogens is 156 g/mol. The van der Waals surface area contributed by atoms with Crippen molar-refractivity contribution in [2.45, 2.75) is 59.3 Å². The van der Waals surface area contributed by atoms with Crippen LogP contribution in [0.1, 0.15) is 59.3 Å². The topological polar surface area (TPSA) is 0 Å². The van der Waals surface area contributed by atoms with Gasteiger partial charge in [-0.15, -0.1) is 0 Å². The summed E-state index contributed by atoms with van der Waals surface area (Å²) in [4.78, 5) is 0. The lowest BCUT2D eigenvalue weighted by molar-refractivity contribution is 0.836. The summed E-state index contributed by atoms with van der Waals surface area (Å²) in [5.41, 5.74) is 5.02. The second kappa shape index (κ2) is 5.26. The van der Waals surface area contributed by atoms with E-state index >= 15 is 0 Å². The van der Waals surface area contributed by atoms with Crippen molar-refractivity contribution in [2.75, 3.05) is 0 Å². The zero-order valence-electron chi connectivity index (χ0n) is 9.32. The lowest BCUT2D eigenvalue weighted by Gasteiger charge is -2.04. The molecule has 0 aromatic heterocycles. The highest BCUT2D eigenvalue weighted by Gasteiger charge is 2.12. The van der Waals surface area contributed by atoms with Crippen LogP contribution in [-0.2, 0) is 0 Å². The normalized spacial score (nSPS) is 16.7. The lowest BCUT2D eigenvalue weighted by atomic mass is 10.0. The predicted octanol–water partition coefficient (Wildman–Crippen LogP) is 4.62. The molecule has 74 valence electrons. The molecule has 0 heteroatoms. The Kier molecular flexibility index (Phi) is 4.27. The molecule has 0 amide bonds. The van der Waals surface area contributed by atoms with Gasteiger partial charge in [0, 0.05) is 0 Å². The molecule has 0 aromatic carbocycles. The molecule has 0 heterocycles. The van der Waals surface area contributed by atoms with Crippen LogP contribution in [0.15, 0.2) is 22.8 Å². The third-order valence-corrected chi connectivity index (χ3v) is 2.80. The van der Waals surface area contributed by atoms with Crippen LogP contribution in [0.5, 0.6) is 0 Å². The Hall–Kier alpha value is -0.520. The molecule has 0 saturated heterocycles. The van der Waals surface area contributed by atoms with E-state index in [1.54, 1.807) is 16.7 Å². The standard InChI is InChI=1S/C13H22/c1-4-7-12-9-11(6-3)10-13(12)8-5-2/h9H,4-8,10H2,1-3H3. The minimum Gasteiger partial charge on any atom is -0.0661 e. The molecule has 0 fully saturated rings. The van der Waals surface area contributed by atoms with Gasteiger partial charge in [0.2, 0.25) is 0 Å². The maximum Gasteiger partial charge on any atom is -0.00995 e. The van der Waals surface area contributed by atoms with Gasteiger partial charge in [-0.05, 0) is 31.3 Å². The van der Waals surface area contributed by atoms with E-state index in [0.29, 0.717) is 0 Å². The summed E-state index contributed by atoms with van der Waals surface area (Å²) in [7, 11) is 0. The monoisotopic (exact) mass is 178 g/mol. The van der Waals surface area contributed by atoms with Crippen LogP contribution in [0.3, 0.4) is 0 Å². The van der Waals surface area contributed by atoms with Crippen LogP contribution in [0.4, 0.5) is 0 Å². The number of allylic oxidation sites excluding steroid dienone is 4. The molecule has 0 saturated carbocycles. The zero-order valence-corrected chi connectivity index (χ0v) is 9.32. The zero-order chi connectivity index (χ0) is 9.68.